The lowest BCUT2D eigenvalue weighted by Crippen LogP contribution is -2.55. The summed E-state index contributed by atoms with van der Waals surface area (Å²) in [6.45, 7) is 5.12. The molecule has 0 bridgehead atoms. The van der Waals surface area contributed by atoms with Gasteiger partial charge in [0.2, 0.25) is 0 Å². The smallest absolute Gasteiger partial charge is 0.317 e. The fourth-order valence-electron chi connectivity index (χ4n) is 2.05. The molecule has 0 aromatic heterocycles. The van der Waals surface area contributed by atoms with Crippen molar-refractivity contribution < 1.29 is 9.53 Å². The largest absolute Gasteiger partial charge is 0.381 e. The van der Waals surface area contributed by atoms with Crippen LogP contribution in [0.5, 0.6) is 0 Å². The summed E-state index contributed by atoms with van der Waals surface area (Å²) >= 11 is 0. The fraction of sp³-hybridized carbons (Fsp3) is 0.909. The Kier molecular flexibility index (Phi) is 5.02. The number of nitrogens with one attached hydrogen (secondary N) is 1. The fourth-order valence-corrected chi connectivity index (χ4v) is 2.05. The van der Waals surface area contributed by atoms with Gasteiger partial charge in [0.15, 0.2) is 0 Å². The van der Waals surface area contributed by atoms with Crippen molar-refractivity contribution in [1.29, 1.82) is 0 Å². The molecule has 0 radical (unpaired) electrons. The van der Waals surface area contributed by atoms with Crippen LogP contribution in [-0.2, 0) is 4.74 Å². The number of hydrogen-bond donors (Lipinski definition) is 2. The highest BCUT2D eigenvalue weighted by molar-refractivity contribution is 5.75. The van der Waals surface area contributed by atoms with Gasteiger partial charge >= 0.3 is 6.03 Å². The molecule has 0 spiro atoms. The van der Waals surface area contributed by atoms with Gasteiger partial charge in [0, 0.05) is 32.3 Å². The van der Waals surface area contributed by atoms with E-state index in [0.717, 1.165) is 19.4 Å². The van der Waals surface area contributed by atoms with Crippen LogP contribution in [0.25, 0.3) is 0 Å². The zero-order valence-electron chi connectivity index (χ0n) is 10.4. The van der Waals surface area contributed by atoms with Gasteiger partial charge in [-0.1, -0.05) is 0 Å². The lowest BCUT2D eigenvalue weighted by Gasteiger charge is -2.38. The van der Waals surface area contributed by atoms with Crippen molar-refractivity contribution in [2.75, 3.05) is 20.2 Å². The minimum absolute atomic E-state index is 0.0139. The number of methoxy groups -OCH3 is 1. The van der Waals surface area contributed by atoms with Crippen molar-refractivity contribution in [3.05, 3.63) is 0 Å². The second-order valence-electron chi connectivity index (χ2n) is 4.57. The topological polar surface area (TPSA) is 67.6 Å². The number of amides is 2. The molecule has 2 amide bonds. The molecule has 0 aromatic carbocycles. The molecular formula is C11H23N3O2. The second-order valence-corrected chi connectivity index (χ2v) is 4.57. The van der Waals surface area contributed by atoms with Crippen LogP contribution in [0.3, 0.4) is 0 Å². The molecule has 2 atom stereocenters. The van der Waals surface area contributed by atoms with E-state index in [1.165, 1.54) is 0 Å². The van der Waals surface area contributed by atoms with Gasteiger partial charge in [0.1, 0.15) is 0 Å². The summed E-state index contributed by atoms with van der Waals surface area (Å²) < 4.78 is 5.32. The second kappa shape index (κ2) is 6.06. The molecule has 1 heterocycles. The quantitative estimate of drug-likeness (QED) is 0.742. The van der Waals surface area contributed by atoms with E-state index in [1.807, 2.05) is 18.7 Å². The van der Waals surface area contributed by atoms with Crippen LogP contribution < -0.4 is 11.1 Å². The average molecular weight is 229 g/mol. The minimum atomic E-state index is -0.0139. The molecule has 1 aliphatic rings. The van der Waals surface area contributed by atoms with Crippen LogP contribution in [0.1, 0.15) is 26.7 Å². The minimum Gasteiger partial charge on any atom is -0.381 e. The van der Waals surface area contributed by atoms with E-state index < -0.39 is 0 Å². The van der Waals surface area contributed by atoms with Gasteiger partial charge in [-0.25, -0.2) is 4.79 Å². The van der Waals surface area contributed by atoms with Gasteiger partial charge in [0.25, 0.3) is 0 Å². The number of nitrogens with zero attached hydrogens (tertiary/aromatic N) is 1. The molecule has 94 valence electrons. The molecule has 1 saturated heterocycles. The first-order valence-corrected chi connectivity index (χ1v) is 5.88. The third-order valence-electron chi connectivity index (χ3n) is 2.95. The van der Waals surface area contributed by atoms with Gasteiger partial charge in [-0.2, -0.15) is 0 Å². The van der Waals surface area contributed by atoms with E-state index in [-0.39, 0.29) is 24.2 Å². The zero-order chi connectivity index (χ0) is 12.1. The SMILES string of the molecule is COC1CCN(C(=O)NC(C)C)C(CN)C1. The highest BCUT2D eigenvalue weighted by atomic mass is 16.5. The predicted molar refractivity (Wildman–Crippen MR) is 63.2 cm³/mol. The first kappa shape index (κ1) is 13.3. The first-order chi connectivity index (χ1) is 7.58. The molecule has 1 rings (SSSR count). The number of hydrogen-bond acceptors (Lipinski definition) is 3. The summed E-state index contributed by atoms with van der Waals surface area (Å²) in [4.78, 5) is 13.7. The molecule has 1 aliphatic heterocycles. The zero-order valence-corrected chi connectivity index (χ0v) is 10.4. The van der Waals surface area contributed by atoms with Crippen molar-refractivity contribution in [3.63, 3.8) is 0 Å². The van der Waals surface area contributed by atoms with E-state index in [2.05, 4.69) is 5.32 Å². The summed E-state index contributed by atoms with van der Waals surface area (Å²) in [6.07, 6.45) is 1.95. The van der Waals surface area contributed by atoms with E-state index in [4.69, 9.17) is 10.5 Å². The molecule has 0 saturated carbocycles. The lowest BCUT2D eigenvalue weighted by molar-refractivity contribution is 0.0267. The molecule has 16 heavy (non-hydrogen) atoms. The third-order valence-corrected chi connectivity index (χ3v) is 2.95. The standard InChI is InChI=1S/C11H23N3O2/c1-8(2)13-11(15)14-5-4-10(16-3)6-9(14)7-12/h8-10H,4-7,12H2,1-3H3,(H,13,15). The highest BCUT2D eigenvalue weighted by Gasteiger charge is 2.30. The van der Waals surface area contributed by atoms with E-state index in [1.54, 1.807) is 7.11 Å². The van der Waals surface area contributed by atoms with Gasteiger partial charge in [-0.3, -0.25) is 0 Å². The predicted octanol–water partition coefficient (Wildman–Crippen LogP) is 0.543. The highest BCUT2D eigenvalue weighted by Crippen LogP contribution is 2.19. The van der Waals surface area contributed by atoms with Crippen LogP contribution in [0.4, 0.5) is 4.79 Å². The molecular weight excluding hydrogens is 206 g/mol. The van der Waals surface area contributed by atoms with Gasteiger partial charge in [-0.15, -0.1) is 0 Å². The van der Waals surface area contributed by atoms with Crippen LogP contribution in [0, 0.1) is 0 Å². The number of rotatable bonds is 3. The first-order valence-electron chi connectivity index (χ1n) is 5.88. The number of urea groups is 1. The number of carbonyl (C=O) groups is 1. The molecule has 3 N–H and O–H groups in total. The van der Waals surface area contributed by atoms with Crippen molar-refractivity contribution in [2.24, 2.45) is 5.73 Å². The Bertz CT molecular complexity index is 233. The number of nitrogens with two attached hydrogens (primary N) is 1. The maximum absolute atomic E-state index is 11.9. The molecule has 2 unspecified atom stereocenters. The number of ether oxygens (including phenoxy) is 1. The van der Waals surface area contributed by atoms with Gasteiger partial charge < -0.3 is 20.7 Å². The number of piperidine rings is 1. The van der Waals surface area contributed by atoms with E-state index in [0.29, 0.717) is 6.54 Å². The Morgan fingerprint density at radius 2 is 2.31 bits per heavy atom. The van der Waals surface area contributed by atoms with Crippen molar-refractivity contribution in [1.82, 2.24) is 10.2 Å². The normalized spacial score (nSPS) is 25.9. The van der Waals surface area contributed by atoms with Crippen LogP contribution in [0.2, 0.25) is 0 Å². The lowest BCUT2D eigenvalue weighted by atomic mass is 10.00. The summed E-state index contributed by atoms with van der Waals surface area (Å²) in [5.41, 5.74) is 5.70. The Hall–Kier alpha value is -0.810. The van der Waals surface area contributed by atoms with Gasteiger partial charge in [0.05, 0.1) is 6.10 Å². The van der Waals surface area contributed by atoms with Crippen molar-refractivity contribution in [2.45, 2.75) is 44.9 Å². The van der Waals surface area contributed by atoms with Crippen molar-refractivity contribution >= 4 is 6.03 Å². The Labute approximate surface area is 97.3 Å². The maximum atomic E-state index is 11.9. The summed E-state index contributed by atoms with van der Waals surface area (Å²) in [5, 5.41) is 2.90. The van der Waals surface area contributed by atoms with Gasteiger partial charge in [-0.05, 0) is 26.7 Å². The summed E-state index contributed by atoms with van der Waals surface area (Å²) in [5.74, 6) is 0. The van der Waals surface area contributed by atoms with E-state index in [9.17, 15) is 4.79 Å². The molecule has 0 aliphatic carbocycles. The Morgan fingerprint density at radius 3 is 2.81 bits per heavy atom. The van der Waals surface area contributed by atoms with Crippen LogP contribution in [0.15, 0.2) is 0 Å². The third kappa shape index (κ3) is 3.35. The Balaban J connectivity index is 2.55. The number of carbonyl (C=O) groups excluding carboxylic acids is 1. The number of likely N-dealkylation sites (tertiary alicyclic amines) is 1. The molecule has 1 fully saturated rings. The van der Waals surface area contributed by atoms with E-state index >= 15 is 0 Å². The molecule has 0 aromatic rings. The maximum Gasteiger partial charge on any atom is 0.317 e. The Morgan fingerprint density at radius 1 is 1.62 bits per heavy atom. The van der Waals surface area contributed by atoms with Crippen LogP contribution >= 0.6 is 0 Å². The van der Waals surface area contributed by atoms with Crippen molar-refractivity contribution in [3.8, 4) is 0 Å². The summed E-state index contributed by atoms with van der Waals surface area (Å²) in [6, 6.07) is 0.239. The van der Waals surface area contributed by atoms with Crippen LogP contribution in [-0.4, -0.2) is 49.3 Å². The molecule has 5 heteroatoms. The molecule has 5 nitrogen and oxygen atoms in total. The summed E-state index contributed by atoms with van der Waals surface area (Å²) in [7, 11) is 1.71. The monoisotopic (exact) mass is 229 g/mol. The average Bonchev–Trinajstić information content (AvgIpc) is 2.27.